The number of hydrogen-bond acceptors (Lipinski definition) is 4. The van der Waals surface area contributed by atoms with Gasteiger partial charge in [-0.15, -0.1) is 11.8 Å². The highest BCUT2D eigenvalue weighted by molar-refractivity contribution is 8.00. The van der Waals surface area contributed by atoms with Gasteiger partial charge < -0.3 is 15.4 Å². The predicted molar refractivity (Wildman–Crippen MR) is 102 cm³/mol. The van der Waals surface area contributed by atoms with Gasteiger partial charge >= 0.3 is 0 Å². The number of thioether (sulfide) groups is 1. The van der Waals surface area contributed by atoms with Gasteiger partial charge in [0, 0.05) is 10.5 Å². The van der Waals surface area contributed by atoms with Gasteiger partial charge in [-0.05, 0) is 60.7 Å². The summed E-state index contributed by atoms with van der Waals surface area (Å²) in [5, 5.41) is 5.66. The van der Waals surface area contributed by atoms with Crippen LogP contribution in [0, 0.1) is 0 Å². The first-order valence-electron chi connectivity index (χ1n) is 8.78. The van der Waals surface area contributed by atoms with E-state index in [0.717, 1.165) is 23.5 Å². The Morgan fingerprint density at radius 2 is 2.04 bits per heavy atom. The van der Waals surface area contributed by atoms with Crippen LogP contribution in [0.1, 0.15) is 27.9 Å². The summed E-state index contributed by atoms with van der Waals surface area (Å²) in [6.07, 6.45) is 3.50. The zero-order valence-electron chi connectivity index (χ0n) is 14.3. The molecule has 0 atom stereocenters. The summed E-state index contributed by atoms with van der Waals surface area (Å²) in [5.74, 6) is 1.06. The van der Waals surface area contributed by atoms with E-state index in [9.17, 15) is 9.59 Å². The SMILES string of the molecule is O=C1CSc2ccc(C(=O)NCCOc3ccc4c(c3)CCC4)cc2N1. The molecule has 1 heterocycles. The standard InChI is InChI=1S/C20H20N2O3S/c23-19-12-26-18-7-5-15(11-17(18)22-19)20(24)21-8-9-25-16-6-4-13-2-1-3-14(13)10-16/h4-7,10-11H,1-3,8-9,12H2,(H,21,24)(H,22,23). The number of rotatable bonds is 5. The molecule has 6 heteroatoms. The van der Waals surface area contributed by atoms with Crippen molar-refractivity contribution in [2.75, 3.05) is 24.2 Å². The Bertz CT molecular complexity index is 866. The Hall–Kier alpha value is -2.47. The van der Waals surface area contributed by atoms with Gasteiger partial charge in [-0.1, -0.05) is 6.07 Å². The Morgan fingerprint density at radius 3 is 2.96 bits per heavy atom. The molecule has 2 N–H and O–H groups in total. The lowest BCUT2D eigenvalue weighted by molar-refractivity contribution is -0.113. The van der Waals surface area contributed by atoms with Crippen molar-refractivity contribution in [3.63, 3.8) is 0 Å². The highest BCUT2D eigenvalue weighted by Gasteiger charge is 2.17. The Morgan fingerprint density at radius 1 is 1.15 bits per heavy atom. The maximum atomic E-state index is 12.3. The summed E-state index contributed by atoms with van der Waals surface area (Å²) in [6, 6.07) is 11.6. The van der Waals surface area contributed by atoms with Crippen LogP contribution in [0.2, 0.25) is 0 Å². The van der Waals surface area contributed by atoms with Crippen LogP contribution in [0.5, 0.6) is 5.75 Å². The molecule has 2 amide bonds. The molecule has 0 saturated carbocycles. The van der Waals surface area contributed by atoms with E-state index in [4.69, 9.17) is 4.74 Å². The Kier molecular flexibility index (Phi) is 4.84. The Balaban J connectivity index is 1.29. The average molecular weight is 368 g/mol. The van der Waals surface area contributed by atoms with Gasteiger partial charge in [0.05, 0.1) is 18.0 Å². The van der Waals surface area contributed by atoms with Crippen molar-refractivity contribution in [2.45, 2.75) is 24.2 Å². The molecule has 0 unspecified atom stereocenters. The second-order valence-corrected chi connectivity index (χ2v) is 7.45. The van der Waals surface area contributed by atoms with Crippen LogP contribution in [0.15, 0.2) is 41.3 Å². The number of aryl methyl sites for hydroxylation is 2. The van der Waals surface area contributed by atoms with Gasteiger partial charge in [0.15, 0.2) is 0 Å². The lowest BCUT2D eigenvalue weighted by atomic mass is 10.1. The number of carbonyl (C=O) groups excluding carboxylic acids is 2. The quantitative estimate of drug-likeness (QED) is 0.796. The zero-order valence-corrected chi connectivity index (χ0v) is 15.2. The molecule has 26 heavy (non-hydrogen) atoms. The maximum Gasteiger partial charge on any atom is 0.251 e. The first kappa shape index (κ1) is 17.0. The molecule has 2 aromatic carbocycles. The highest BCUT2D eigenvalue weighted by Crippen LogP contribution is 2.32. The molecule has 1 aliphatic carbocycles. The van der Waals surface area contributed by atoms with Crippen molar-refractivity contribution >= 4 is 29.3 Å². The molecule has 2 aromatic rings. The number of carbonyl (C=O) groups is 2. The lowest BCUT2D eigenvalue weighted by Crippen LogP contribution is -2.28. The van der Waals surface area contributed by atoms with E-state index >= 15 is 0 Å². The fourth-order valence-electron chi connectivity index (χ4n) is 3.30. The zero-order chi connectivity index (χ0) is 17.9. The molecular formula is C20H20N2O3S. The molecule has 0 saturated heterocycles. The maximum absolute atomic E-state index is 12.3. The van der Waals surface area contributed by atoms with Crippen LogP contribution in [0.4, 0.5) is 5.69 Å². The van der Waals surface area contributed by atoms with Crippen molar-refractivity contribution in [3.05, 3.63) is 53.1 Å². The second kappa shape index (κ2) is 7.41. The normalized spacial score (nSPS) is 15.0. The molecule has 5 nitrogen and oxygen atoms in total. The smallest absolute Gasteiger partial charge is 0.251 e. The molecule has 2 aliphatic rings. The number of anilines is 1. The van der Waals surface area contributed by atoms with Gasteiger partial charge in [0.1, 0.15) is 12.4 Å². The number of nitrogens with one attached hydrogen (secondary N) is 2. The van der Waals surface area contributed by atoms with E-state index in [2.05, 4.69) is 22.8 Å². The van der Waals surface area contributed by atoms with E-state index in [1.807, 2.05) is 12.1 Å². The minimum Gasteiger partial charge on any atom is -0.492 e. The second-order valence-electron chi connectivity index (χ2n) is 6.44. The Labute approximate surface area is 156 Å². The number of hydrogen-bond donors (Lipinski definition) is 2. The van der Waals surface area contributed by atoms with E-state index in [0.29, 0.717) is 30.2 Å². The molecule has 4 rings (SSSR count). The highest BCUT2D eigenvalue weighted by atomic mass is 32.2. The average Bonchev–Trinajstić information content (AvgIpc) is 3.12. The molecule has 0 fully saturated rings. The summed E-state index contributed by atoms with van der Waals surface area (Å²) in [7, 11) is 0. The van der Waals surface area contributed by atoms with Crippen molar-refractivity contribution in [2.24, 2.45) is 0 Å². The fraction of sp³-hybridized carbons (Fsp3) is 0.300. The van der Waals surface area contributed by atoms with Gasteiger partial charge in [-0.2, -0.15) is 0 Å². The molecule has 0 bridgehead atoms. The minimum atomic E-state index is -0.171. The first-order chi connectivity index (χ1) is 12.7. The third-order valence-electron chi connectivity index (χ3n) is 4.60. The summed E-state index contributed by atoms with van der Waals surface area (Å²) >= 11 is 1.48. The van der Waals surface area contributed by atoms with Gasteiger partial charge in [0.25, 0.3) is 5.91 Å². The van der Waals surface area contributed by atoms with Crippen LogP contribution >= 0.6 is 11.8 Å². The molecule has 0 radical (unpaired) electrons. The van der Waals surface area contributed by atoms with E-state index < -0.39 is 0 Å². The van der Waals surface area contributed by atoms with Crippen LogP contribution in [-0.2, 0) is 17.6 Å². The molecule has 1 aliphatic heterocycles. The number of ether oxygens (including phenoxy) is 1. The monoisotopic (exact) mass is 368 g/mol. The van der Waals surface area contributed by atoms with Crippen LogP contribution in [0.3, 0.4) is 0 Å². The molecule has 134 valence electrons. The minimum absolute atomic E-state index is 0.0391. The molecule has 0 aromatic heterocycles. The number of amides is 2. The number of fused-ring (bicyclic) bond motifs is 2. The van der Waals surface area contributed by atoms with Crippen molar-refractivity contribution in [1.29, 1.82) is 0 Å². The molecule has 0 spiro atoms. The fourth-order valence-corrected chi connectivity index (χ4v) is 4.09. The first-order valence-corrected chi connectivity index (χ1v) is 9.77. The van der Waals surface area contributed by atoms with Crippen LogP contribution < -0.4 is 15.4 Å². The topological polar surface area (TPSA) is 67.4 Å². The number of benzene rings is 2. The molecular weight excluding hydrogens is 348 g/mol. The van der Waals surface area contributed by atoms with Gasteiger partial charge in [-0.25, -0.2) is 0 Å². The van der Waals surface area contributed by atoms with Crippen molar-refractivity contribution in [1.82, 2.24) is 5.32 Å². The predicted octanol–water partition coefficient (Wildman–Crippen LogP) is 3.03. The summed E-state index contributed by atoms with van der Waals surface area (Å²) in [5.41, 5.74) is 4.03. The third-order valence-corrected chi connectivity index (χ3v) is 5.67. The van der Waals surface area contributed by atoms with Gasteiger partial charge in [0.2, 0.25) is 5.91 Å². The van der Waals surface area contributed by atoms with Crippen molar-refractivity contribution in [3.8, 4) is 5.75 Å². The van der Waals surface area contributed by atoms with Crippen LogP contribution in [0.25, 0.3) is 0 Å². The summed E-state index contributed by atoms with van der Waals surface area (Å²) in [4.78, 5) is 24.8. The van der Waals surface area contributed by atoms with E-state index in [1.165, 1.54) is 29.3 Å². The van der Waals surface area contributed by atoms with Crippen molar-refractivity contribution < 1.29 is 14.3 Å². The summed E-state index contributed by atoms with van der Waals surface area (Å²) < 4.78 is 5.75. The van der Waals surface area contributed by atoms with Crippen LogP contribution in [-0.4, -0.2) is 30.7 Å². The van der Waals surface area contributed by atoms with E-state index in [-0.39, 0.29) is 11.8 Å². The largest absolute Gasteiger partial charge is 0.492 e. The summed E-state index contributed by atoms with van der Waals surface area (Å²) in [6.45, 7) is 0.843. The van der Waals surface area contributed by atoms with Gasteiger partial charge in [-0.3, -0.25) is 9.59 Å². The lowest BCUT2D eigenvalue weighted by Gasteiger charge is -2.17. The third kappa shape index (κ3) is 3.70. The van der Waals surface area contributed by atoms with E-state index in [1.54, 1.807) is 12.1 Å².